The van der Waals surface area contributed by atoms with Crippen LogP contribution in [0.5, 0.6) is 0 Å². The average Bonchev–Trinajstić information content (AvgIpc) is 2.31. The van der Waals surface area contributed by atoms with Gasteiger partial charge in [-0.1, -0.05) is 11.6 Å². The quantitative estimate of drug-likeness (QED) is 0.594. The molecule has 100 valence electrons. The third kappa shape index (κ3) is 4.15. The maximum absolute atomic E-state index is 10.7. The fourth-order valence-corrected chi connectivity index (χ4v) is 2.50. The molecule has 0 N–H and O–H groups in total. The van der Waals surface area contributed by atoms with Crippen LogP contribution in [0.3, 0.4) is 0 Å². The van der Waals surface area contributed by atoms with Crippen molar-refractivity contribution in [3.63, 3.8) is 0 Å². The summed E-state index contributed by atoms with van der Waals surface area (Å²) in [7, 11) is 2.00. The predicted octanol–water partition coefficient (Wildman–Crippen LogP) is 3.43. The monoisotopic (exact) mass is 288 g/mol. The minimum absolute atomic E-state index is 0.0836. The number of thioether (sulfide) groups is 1. The molecule has 18 heavy (non-hydrogen) atoms. The van der Waals surface area contributed by atoms with Crippen molar-refractivity contribution in [2.75, 3.05) is 19.1 Å². The smallest absolute Gasteiger partial charge is 0.269 e. The Morgan fingerprint density at radius 1 is 1.56 bits per heavy atom. The van der Waals surface area contributed by atoms with Crippen LogP contribution in [0.2, 0.25) is 5.02 Å². The van der Waals surface area contributed by atoms with E-state index in [1.165, 1.54) is 6.07 Å². The van der Waals surface area contributed by atoms with Gasteiger partial charge in [0, 0.05) is 35.5 Å². The van der Waals surface area contributed by atoms with Crippen molar-refractivity contribution in [2.24, 2.45) is 0 Å². The van der Waals surface area contributed by atoms with E-state index < -0.39 is 4.92 Å². The maximum Gasteiger partial charge on any atom is 0.269 e. The topological polar surface area (TPSA) is 46.4 Å². The largest absolute Gasteiger partial charge is 0.299 e. The molecule has 0 aliphatic rings. The lowest BCUT2D eigenvalue weighted by Gasteiger charge is -2.24. The Morgan fingerprint density at radius 3 is 2.78 bits per heavy atom. The molecule has 0 bridgehead atoms. The SMILES string of the molecule is CSCC(C)N(C)Cc1cc([N+](=O)[O-])ccc1Cl. The molecule has 0 amide bonds. The molecule has 1 atom stereocenters. The highest BCUT2D eigenvalue weighted by atomic mass is 35.5. The van der Waals surface area contributed by atoms with Gasteiger partial charge in [-0.05, 0) is 31.9 Å². The summed E-state index contributed by atoms with van der Waals surface area (Å²) in [5, 5.41) is 11.3. The molecule has 1 aromatic rings. The van der Waals surface area contributed by atoms with Gasteiger partial charge in [-0.2, -0.15) is 11.8 Å². The van der Waals surface area contributed by atoms with Crippen LogP contribution in [-0.4, -0.2) is 34.9 Å². The molecule has 0 aliphatic carbocycles. The number of hydrogen-bond donors (Lipinski definition) is 0. The van der Waals surface area contributed by atoms with Gasteiger partial charge in [0.15, 0.2) is 0 Å². The summed E-state index contributed by atoms with van der Waals surface area (Å²) in [4.78, 5) is 12.5. The fraction of sp³-hybridized carbons (Fsp3) is 0.500. The molecule has 1 unspecified atom stereocenters. The van der Waals surface area contributed by atoms with E-state index in [0.29, 0.717) is 17.6 Å². The number of rotatable bonds is 6. The Morgan fingerprint density at radius 2 is 2.22 bits per heavy atom. The highest BCUT2D eigenvalue weighted by Crippen LogP contribution is 2.23. The maximum atomic E-state index is 10.7. The Hall–Kier alpha value is -0.780. The van der Waals surface area contributed by atoms with E-state index in [1.54, 1.807) is 23.9 Å². The predicted molar refractivity (Wildman–Crippen MR) is 77.4 cm³/mol. The molecule has 0 heterocycles. The molecular weight excluding hydrogens is 272 g/mol. The second kappa shape index (κ2) is 6.97. The van der Waals surface area contributed by atoms with Crippen LogP contribution in [0.4, 0.5) is 5.69 Å². The lowest BCUT2D eigenvalue weighted by atomic mass is 10.1. The summed E-state index contributed by atoms with van der Waals surface area (Å²) in [6.07, 6.45) is 2.06. The van der Waals surface area contributed by atoms with Crippen LogP contribution in [0.15, 0.2) is 18.2 Å². The molecule has 0 saturated carbocycles. The Labute approximate surface area is 116 Å². The number of non-ortho nitro benzene ring substituents is 1. The number of nitro groups is 1. The normalized spacial score (nSPS) is 12.7. The Balaban J connectivity index is 2.83. The minimum atomic E-state index is -0.398. The molecule has 6 heteroatoms. The van der Waals surface area contributed by atoms with E-state index in [1.807, 2.05) is 7.05 Å². The van der Waals surface area contributed by atoms with Crippen LogP contribution < -0.4 is 0 Å². The van der Waals surface area contributed by atoms with Crippen LogP contribution in [0, 0.1) is 10.1 Å². The van der Waals surface area contributed by atoms with Gasteiger partial charge in [-0.3, -0.25) is 15.0 Å². The zero-order valence-electron chi connectivity index (χ0n) is 10.7. The summed E-state index contributed by atoms with van der Waals surface area (Å²) in [6.45, 7) is 2.74. The van der Waals surface area contributed by atoms with Crippen molar-refractivity contribution >= 4 is 29.1 Å². The minimum Gasteiger partial charge on any atom is -0.299 e. The lowest BCUT2D eigenvalue weighted by molar-refractivity contribution is -0.384. The van der Waals surface area contributed by atoms with Crippen molar-refractivity contribution in [1.82, 2.24) is 4.90 Å². The van der Waals surface area contributed by atoms with Gasteiger partial charge in [0.25, 0.3) is 5.69 Å². The molecular formula is C12H17ClN2O2S. The van der Waals surface area contributed by atoms with Crippen molar-refractivity contribution in [3.8, 4) is 0 Å². The van der Waals surface area contributed by atoms with Gasteiger partial charge in [0.1, 0.15) is 0 Å². The zero-order chi connectivity index (χ0) is 13.7. The second-order valence-electron chi connectivity index (χ2n) is 4.25. The standard InChI is InChI=1S/C12H17ClN2O2S/c1-9(8-18-3)14(2)7-10-6-11(15(16)17)4-5-12(10)13/h4-6,9H,7-8H2,1-3H3. The van der Waals surface area contributed by atoms with Crippen LogP contribution in [0.1, 0.15) is 12.5 Å². The van der Waals surface area contributed by atoms with Crippen LogP contribution in [-0.2, 0) is 6.54 Å². The fourth-order valence-electron chi connectivity index (χ4n) is 1.59. The first-order chi connectivity index (χ1) is 8.45. The van der Waals surface area contributed by atoms with Gasteiger partial charge >= 0.3 is 0 Å². The van der Waals surface area contributed by atoms with Gasteiger partial charge in [-0.15, -0.1) is 0 Å². The molecule has 0 aromatic heterocycles. The number of halogens is 1. The summed E-state index contributed by atoms with van der Waals surface area (Å²) in [5.41, 5.74) is 0.877. The first-order valence-electron chi connectivity index (χ1n) is 5.57. The van der Waals surface area contributed by atoms with Gasteiger partial charge < -0.3 is 0 Å². The molecule has 0 radical (unpaired) electrons. The number of hydrogen-bond acceptors (Lipinski definition) is 4. The Bertz CT molecular complexity index is 429. The van der Waals surface area contributed by atoms with Crippen molar-refractivity contribution in [2.45, 2.75) is 19.5 Å². The highest BCUT2D eigenvalue weighted by molar-refractivity contribution is 7.98. The van der Waals surface area contributed by atoms with E-state index in [0.717, 1.165) is 11.3 Å². The molecule has 0 aliphatic heterocycles. The van der Waals surface area contributed by atoms with Gasteiger partial charge in [0.05, 0.1) is 4.92 Å². The molecule has 1 aromatic carbocycles. The summed E-state index contributed by atoms with van der Waals surface area (Å²) < 4.78 is 0. The van der Waals surface area contributed by atoms with E-state index >= 15 is 0 Å². The number of nitro benzene ring substituents is 1. The first kappa shape index (κ1) is 15.3. The molecule has 0 fully saturated rings. The highest BCUT2D eigenvalue weighted by Gasteiger charge is 2.14. The lowest BCUT2D eigenvalue weighted by Crippen LogP contribution is -2.30. The average molecular weight is 289 g/mol. The van der Waals surface area contributed by atoms with Crippen molar-refractivity contribution in [1.29, 1.82) is 0 Å². The third-order valence-electron chi connectivity index (χ3n) is 2.82. The summed E-state index contributed by atoms with van der Waals surface area (Å²) in [6, 6.07) is 4.96. The summed E-state index contributed by atoms with van der Waals surface area (Å²) in [5.74, 6) is 1.02. The first-order valence-corrected chi connectivity index (χ1v) is 7.35. The van der Waals surface area contributed by atoms with E-state index in [2.05, 4.69) is 18.1 Å². The molecule has 0 spiro atoms. The van der Waals surface area contributed by atoms with E-state index in [-0.39, 0.29) is 5.69 Å². The van der Waals surface area contributed by atoms with E-state index in [4.69, 9.17) is 11.6 Å². The number of benzene rings is 1. The summed E-state index contributed by atoms with van der Waals surface area (Å²) >= 11 is 7.85. The molecule has 0 saturated heterocycles. The zero-order valence-corrected chi connectivity index (χ0v) is 12.3. The Kier molecular flexibility index (Phi) is 5.91. The second-order valence-corrected chi connectivity index (χ2v) is 5.57. The molecule has 1 rings (SSSR count). The van der Waals surface area contributed by atoms with Crippen LogP contribution in [0.25, 0.3) is 0 Å². The third-order valence-corrected chi connectivity index (χ3v) is 4.00. The number of nitrogens with zero attached hydrogens (tertiary/aromatic N) is 2. The van der Waals surface area contributed by atoms with E-state index in [9.17, 15) is 10.1 Å². The van der Waals surface area contributed by atoms with Crippen LogP contribution >= 0.6 is 23.4 Å². The van der Waals surface area contributed by atoms with Crippen molar-refractivity contribution in [3.05, 3.63) is 38.9 Å². The molecule has 4 nitrogen and oxygen atoms in total. The van der Waals surface area contributed by atoms with Gasteiger partial charge in [-0.25, -0.2) is 0 Å². The van der Waals surface area contributed by atoms with Gasteiger partial charge in [0.2, 0.25) is 0 Å². The van der Waals surface area contributed by atoms with Crippen molar-refractivity contribution < 1.29 is 4.92 Å².